The van der Waals surface area contributed by atoms with Crippen LogP contribution >= 0.6 is 11.3 Å². The van der Waals surface area contributed by atoms with Crippen molar-refractivity contribution < 1.29 is 22.7 Å². The summed E-state index contributed by atoms with van der Waals surface area (Å²) in [5.41, 5.74) is 1.50. The molecular formula is C25H26N2O5S2. The van der Waals surface area contributed by atoms with Gasteiger partial charge in [0.05, 0.1) is 17.1 Å². The van der Waals surface area contributed by atoms with E-state index in [0.717, 1.165) is 29.7 Å². The van der Waals surface area contributed by atoms with Crippen LogP contribution in [0.25, 0.3) is 10.4 Å². The number of sulfonamides is 1. The van der Waals surface area contributed by atoms with E-state index in [1.54, 1.807) is 13.0 Å². The van der Waals surface area contributed by atoms with Crippen molar-refractivity contribution >= 4 is 38.2 Å². The summed E-state index contributed by atoms with van der Waals surface area (Å²) in [4.78, 5) is 26.4. The van der Waals surface area contributed by atoms with Crippen molar-refractivity contribution in [1.82, 2.24) is 4.31 Å². The average Bonchev–Trinajstić information content (AvgIpc) is 3.29. The number of amides is 1. The van der Waals surface area contributed by atoms with Crippen molar-refractivity contribution in [3.8, 4) is 10.4 Å². The van der Waals surface area contributed by atoms with Gasteiger partial charge in [-0.25, -0.2) is 13.2 Å². The molecule has 9 heteroatoms. The highest BCUT2D eigenvalue weighted by molar-refractivity contribution is 7.89. The van der Waals surface area contributed by atoms with E-state index in [1.807, 2.05) is 30.3 Å². The molecule has 0 bridgehead atoms. The number of nitrogens with zero attached hydrogens (tertiary/aromatic N) is 1. The van der Waals surface area contributed by atoms with Gasteiger partial charge in [0.1, 0.15) is 5.00 Å². The average molecular weight is 499 g/mol. The summed E-state index contributed by atoms with van der Waals surface area (Å²) < 4.78 is 32.4. The van der Waals surface area contributed by atoms with E-state index in [2.05, 4.69) is 5.32 Å². The van der Waals surface area contributed by atoms with Crippen LogP contribution in [-0.4, -0.2) is 44.3 Å². The molecule has 4 rings (SSSR count). The van der Waals surface area contributed by atoms with Crippen LogP contribution in [0, 0.1) is 0 Å². The van der Waals surface area contributed by atoms with Crippen LogP contribution in [0.5, 0.6) is 0 Å². The summed E-state index contributed by atoms with van der Waals surface area (Å²) in [6.45, 7) is 2.97. The SMILES string of the molecule is CCOC(=O)c1cc(-c2ccccc2)sc1NC(=O)c1ccc(S(=O)(=O)N2CCCCC2)cc1. The molecule has 0 saturated carbocycles. The molecule has 2 aromatic carbocycles. The maximum atomic E-state index is 12.9. The number of anilines is 1. The normalized spacial score (nSPS) is 14.5. The van der Waals surface area contributed by atoms with Crippen LogP contribution in [0.2, 0.25) is 0 Å². The molecule has 1 fully saturated rings. The van der Waals surface area contributed by atoms with E-state index in [-0.39, 0.29) is 17.1 Å². The number of esters is 1. The molecule has 178 valence electrons. The molecular weight excluding hydrogens is 472 g/mol. The van der Waals surface area contributed by atoms with Crippen molar-refractivity contribution in [1.29, 1.82) is 0 Å². The maximum absolute atomic E-state index is 12.9. The lowest BCUT2D eigenvalue weighted by Crippen LogP contribution is -2.35. The fourth-order valence-corrected chi connectivity index (χ4v) is 6.36. The van der Waals surface area contributed by atoms with E-state index in [1.165, 1.54) is 39.9 Å². The second kappa shape index (κ2) is 10.5. The first-order valence-electron chi connectivity index (χ1n) is 11.2. The van der Waals surface area contributed by atoms with Crippen molar-refractivity contribution in [2.45, 2.75) is 31.1 Å². The van der Waals surface area contributed by atoms with E-state index in [9.17, 15) is 18.0 Å². The lowest BCUT2D eigenvalue weighted by Gasteiger charge is -2.25. The number of hydrogen-bond donors (Lipinski definition) is 1. The van der Waals surface area contributed by atoms with Gasteiger partial charge in [-0.3, -0.25) is 4.79 Å². The Balaban J connectivity index is 1.56. The van der Waals surface area contributed by atoms with Gasteiger partial charge in [-0.2, -0.15) is 4.31 Å². The van der Waals surface area contributed by atoms with Crippen molar-refractivity contribution in [2.24, 2.45) is 0 Å². The summed E-state index contributed by atoms with van der Waals surface area (Å²) >= 11 is 1.28. The van der Waals surface area contributed by atoms with Crippen molar-refractivity contribution in [2.75, 3.05) is 25.0 Å². The minimum atomic E-state index is -3.57. The zero-order valence-electron chi connectivity index (χ0n) is 18.8. The summed E-state index contributed by atoms with van der Waals surface area (Å²) in [6.07, 6.45) is 2.75. The Kier molecular flexibility index (Phi) is 7.45. The van der Waals surface area contributed by atoms with Gasteiger partial charge in [-0.1, -0.05) is 36.8 Å². The summed E-state index contributed by atoms with van der Waals surface area (Å²) in [7, 11) is -3.57. The molecule has 1 saturated heterocycles. The number of rotatable bonds is 7. The fourth-order valence-electron chi connectivity index (χ4n) is 3.80. The van der Waals surface area contributed by atoms with Crippen molar-refractivity contribution in [3.63, 3.8) is 0 Å². The molecule has 1 N–H and O–H groups in total. The molecule has 3 aromatic rings. The number of carbonyl (C=O) groups excluding carboxylic acids is 2. The first-order valence-corrected chi connectivity index (χ1v) is 13.4. The lowest BCUT2D eigenvalue weighted by molar-refractivity contribution is 0.0528. The van der Waals surface area contributed by atoms with Crippen LogP contribution in [0.3, 0.4) is 0 Å². The molecule has 7 nitrogen and oxygen atoms in total. The van der Waals surface area contributed by atoms with Gasteiger partial charge in [0, 0.05) is 23.5 Å². The third kappa shape index (κ3) is 5.22. The standard InChI is InChI=1S/C25H26N2O5S2/c1-2-32-25(29)21-17-22(18-9-5-3-6-10-18)33-24(21)26-23(28)19-11-13-20(14-12-19)34(30,31)27-15-7-4-8-16-27/h3,5-6,9-14,17H,2,4,7-8,15-16H2,1H3,(H,26,28). The van der Waals surface area contributed by atoms with E-state index in [4.69, 9.17) is 4.74 Å². The van der Waals surface area contributed by atoms with Gasteiger partial charge in [-0.05, 0) is 55.7 Å². The molecule has 1 aliphatic rings. The second-order valence-corrected chi connectivity index (χ2v) is 10.9. The molecule has 0 spiro atoms. The van der Waals surface area contributed by atoms with Gasteiger partial charge in [0.15, 0.2) is 0 Å². The van der Waals surface area contributed by atoms with Gasteiger partial charge in [0.2, 0.25) is 10.0 Å². The van der Waals surface area contributed by atoms with Crippen LogP contribution in [0.4, 0.5) is 5.00 Å². The Hall–Kier alpha value is -3.01. The van der Waals surface area contributed by atoms with E-state index >= 15 is 0 Å². The zero-order chi connectivity index (χ0) is 24.1. The maximum Gasteiger partial charge on any atom is 0.341 e. The predicted molar refractivity (Wildman–Crippen MR) is 133 cm³/mol. The monoisotopic (exact) mass is 498 g/mol. The predicted octanol–water partition coefficient (Wildman–Crippen LogP) is 5.02. The van der Waals surface area contributed by atoms with Crippen molar-refractivity contribution in [3.05, 3.63) is 71.8 Å². The third-order valence-electron chi connectivity index (χ3n) is 5.58. The molecule has 1 aliphatic heterocycles. The quantitative estimate of drug-likeness (QED) is 0.462. The smallest absolute Gasteiger partial charge is 0.341 e. The number of carbonyl (C=O) groups is 2. The van der Waals surface area contributed by atoms with E-state index < -0.39 is 21.9 Å². The minimum Gasteiger partial charge on any atom is -0.462 e. The summed E-state index contributed by atoms with van der Waals surface area (Å²) in [5, 5.41) is 3.18. The van der Waals surface area contributed by atoms with Gasteiger partial charge in [-0.15, -0.1) is 11.3 Å². The summed E-state index contributed by atoms with van der Waals surface area (Å²) in [5.74, 6) is -0.951. The Labute approximate surface area is 203 Å². The largest absolute Gasteiger partial charge is 0.462 e. The minimum absolute atomic E-state index is 0.167. The fraction of sp³-hybridized carbons (Fsp3) is 0.280. The Morgan fingerprint density at radius 1 is 1.00 bits per heavy atom. The van der Waals surface area contributed by atoms with Gasteiger partial charge >= 0.3 is 5.97 Å². The number of piperidine rings is 1. The number of nitrogens with one attached hydrogen (secondary N) is 1. The van der Waals surface area contributed by atoms with Crippen LogP contribution in [-0.2, 0) is 14.8 Å². The number of hydrogen-bond acceptors (Lipinski definition) is 6. The highest BCUT2D eigenvalue weighted by Gasteiger charge is 2.26. The lowest BCUT2D eigenvalue weighted by atomic mass is 10.1. The van der Waals surface area contributed by atoms with Gasteiger partial charge in [0.25, 0.3) is 5.91 Å². The van der Waals surface area contributed by atoms with Gasteiger partial charge < -0.3 is 10.1 Å². The molecule has 0 radical (unpaired) electrons. The third-order valence-corrected chi connectivity index (χ3v) is 8.59. The molecule has 1 aromatic heterocycles. The molecule has 0 aliphatic carbocycles. The number of ether oxygens (including phenoxy) is 1. The van der Waals surface area contributed by atoms with Crippen LogP contribution in [0.15, 0.2) is 65.6 Å². The Morgan fingerprint density at radius 3 is 2.32 bits per heavy atom. The Morgan fingerprint density at radius 2 is 1.68 bits per heavy atom. The van der Waals surface area contributed by atoms with Crippen LogP contribution in [0.1, 0.15) is 46.9 Å². The summed E-state index contributed by atoms with van der Waals surface area (Å²) in [6, 6.07) is 17.1. The molecule has 1 amide bonds. The van der Waals surface area contributed by atoms with Crippen LogP contribution < -0.4 is 5.32 Å². The molecule has 34 heavy (non-hydrogen) atoms. The highest BCUT2D eigenvalue weighted by Crippen LogP contribution is 2.36. The number of benzene rings is 2. The number of thiophene rings is 1. The first kappa shape index (κ1) is 24.1. The zero-order valence-corrected chi connectivity index (χ0v) is 20.5. The highest BCUT2D eigenvalue weighted by atomic mass is 32.2. The topological polar surface area (TPSA) is 92.8 Å². The molecule has 0 atom stereocenters. The Bertz CT molecular complexity index is 1260. The molecule has 0 unspecified atom stereocenters. The first-order chi connectivity index (χ1) is 16.4. The second-order valence-electron chi connectivity index (χ2n) is 7.88. The van der Waals surface area contributed by atoms with E-state index in [0.29, 0.717) is 23.7 Å². The molecule has 2 heterocycles.